The SMILES string of the molecule is CCNc1nc(C(=O)NCN(CC(O)C(O)C(O)C(O)CO)CC(O)C(O)C(O)C(O)CO)c(NCC)nc1C(=O)CCN(CC(O)C(O)C(O)CO)CC(O)C(O)C(O)C(O)CC. The van der Waals surface area contributed by atoms with Crippen LogP contribution < -0.4 is 16.0 Å². The van der Waals surface area contributed by atoms with Crippen LogP contribution in [0.15, 0.2) is 0 Å². The number of carbonyl (C=O) groups excluding carboxylic acids is 2. The molecule has 0 saturated heterocycles. The summed E-state index contributed by atoms with van der Waals surface area (Å²) in [4.78, 5) is 38.4. The summed E-state index contributed by atoms with van der Waals surface area (Å²) < 4.78 is 0. The maximum Gasteiger partial charge on any atom is 0.274 e. The minimum Gasteiger partial charge on any atom is -0.394 e. The molecule has 1 heterocycles. The maximum absolute atomic E-state index is 13.8. The Bertz CT molecular complexity index is 1470. The summed E-state index contributed by atoms with van der Waals surface area (Å²) in [6, 6.07) is 0. The van der Waals surface area contributed by atoms with Crippen LogP contribution >= 0.6 is 0 Å². The third-order valence-corrected chi connectivity index (χ3v) is 10.1. The third-order valence-electron chi connectivity index (χ3n) is 10.1. The Morgan fingerprint density at radius 2 is 0.828 bits per heavy atom. The number of ketones is 1. The lowest BCUT2D eigenvalue weighted by Crippen LogP contribution is -2.54. The van der Waals surface area contributed by atoms with Crippen LogP contribution in [-0.2, 0) is 0 Å². The average Bonchev–Trinajstić information content (AvgIpc) is 3.29. The van der Waals surface area contributed by atoms with Crippen molar-refractivity contribution in [1.29, 1.82) is 0 Å². The Morgan fingerprint density at radius 1 is 0.484 bits per heavy atom. The van der Waals surface area contributed by atoms with Gasteiger partial charge in [-0.3, -0.25) is 19.4 Å². The van der Waals surface area contributed by atoms with Gasteiger partial charge in [0.25, 0.3) is 5.91 Å². The fraction of sp³-hybridized carbons (Fsp3) is 0.838. The summed E-state index contributed by atoms with van der Waals surface area (Å²) >= 11 is 0. The molecule has 0 fully saturated rings. The van der Waals surface area contributed by atoms with E-state index in [2.05, 4.69) is 25.9 Å². The van der Waals surface area contributed by atoms with Crippen LogP contribution in [0.3, 0.4) is 0 Å². The second kappa shape index (κ2) is 29.6. The smallest absolute Gasteiger partial charge is 0.274 e. The van der Waals surface area contributed by atoms with Gasteiger partial charge >= 0.3 is 0 Å². The molecule has 64 heavy (non-hydrogen) atoms. The number of aliphatic hydroxyl groups is 18. The fourth-order valence-corrected chi connectivity index (χ4v) is 6.15. The van der Waals surface area contributed by atoms with E-state index in [4.69, 9.17) is 10.2 Å². The lowest BCUT2D eigenvalue weighted by atomic mass is 10.0. The molecule has 1 aromatic rings. The van der Waals surface area contributed by atoms with Gasteiger partial charge in [-0.05, 0) is 20.3 Å². The van der Waals surface area contributed by atoms with Crippen LogP contribution in [0.1, 0.15) is 54.6 Å². The lowest BCUT2D eigenvalue weighted by molar-refractivity contribution is -0.130. The van der Waals surface area contributed by atoms with Crippen molar-refractivity contribution in [2.24, 2.45) is 0 Å². The molecule has 0 spiro atoms. The normalized spacial score (nSPS) is 19.3. The van der Waals surface area contributed by atoms with E-state index in [1.807, 2.05) is 0 Å². The van der Waals surface area contributed by atoms with E-state index in [0.29, 0.717) is 0 Å². The second-order valence-corrected chi connectivity index (χ2v) is 15.2. The van der Waals surface area contributed by atoms with E-state index in [1.54, 1.807) is 13.8 Å². The standard InChI is InChI=1S/C37H71N7O20/c1-4-17(48)29(58)30(59)20(51)10-43(9-19(50)28(57)23(54)13-45)8-7-18(49)26-35(38-5-2)42-27(36(41-26)39-6-3)37(64)40-16-44(11-21(52)31(60)33(62)24(55)14-46)12-22(53)32(61)34(63)25(56)15-47/h17,19-25,28-34,45-48,50-63H,4-16H2,1-3H3,(H,38,42)(H,39,41)(H,40,64). The number of amides is 1. The molecule has 15 atom stereocenters. The summed E-state index contributed by atoms with van der Waals surface area (Å²) in [5, 5.41) is 190. The highest BCUT2D eigenvalue weighted by Gasteiger charge is 2.36. The fourth-order valence-electron chi connectivity index (χ4n) is 6.15. The summed E-state index contributed by atoms with van der Waals surface area (Å²) in [7, 11) is 0. The first-order chi connectivity index (χ1) is 30.0. The largest absolute Gasteiger partial charge is 0.394 e. The van der Waals surface area contributed by atoms with E-state index < -0.39 is 168 Å². The Morgan fingerprint density at radius 3 is 1.23 bits per heavy atom. The van der Waals surface area contributed by atoms with Crippen molar-refractivity contribution in [2.75, 3.05) is 82.9 Å². The van der Waals surface area contributed by atoms with Gasteiger partial charge in [0.05, 0.1) is 57.0 Å². The number of hydrogen-bond acceptors (Lipinski definition) is 26. The van der Waals surface area contributed by atoms with E-state index in [1.165, 1.54) is 11.8 Å². The number of hydrogen-bond donors (Lipinski definition) is 21. The zero-order chi connectivity index (χ0) is 49.0. The monoisotopic (exact) mass is 933 g/mol. The van der Waals surface area contributed by atoms with E-state index in [0.717, 1.165) is 4.90 Å². The van der Waals surface area contributed by atoms with E-state index >= 15 is 0 Å². The first kappa shape index (κ1) is 59.0. The van der Waals surface area contributed by atoms with Gasteiger partial charge in [0.2, 0.25) is 0 Å². The van der Waals surface area contributed by atoms with Crippen LogP contribution in [0.4, 0.5) is 11.6 Å². The number of nitrogens with zero attached hydrogens (tertiary/aromatic N) is 4. The number of anilines is 2. The minimum atomic E-state index is -2.10. The van der Waals surface area contributed by atoms with Crippen molar-refractivity contribution >= 4 is 23.3 Å². The van der Waals surface area contributed by atoms with Crippen molar-refractivity contribution < 1.29 is 102 Å². The Hall–Kier alpha value is -2.98. The Balaban J connectivity index is 3.52. The van der Waals surface area contributed by atoms with Gasteiger partial charge in [-0.15, -0.1) is 0 Å². The highest BCUT2D eigenvalue weighted by atomic mass is 16.4. The molecule has 1 aromatic heterocycles. The molecule has 0 aliphatic rings. The molecule has 0 saturated carbocycles. The molecule has 0 bridgehead atoms. The first-order valence-corrected chi connectivity index (χ1v) is 20.7. The number of rotatable bonds is 34. The number of nitrogens with one attached hydrogen (secondary N) is 3. The van der Waals surface area contributed by atoms with Crippen molar-refractivity contribution in [3.8, 4) is 0 Å². The molecule has 27 nitrogen and oxygen atoms in total. The van der Waals surface area contributed by atoms with E-state index in [9.17, 15) is 91.3 Å². The zero-order valence-electron chi connectivity index (χ0n) is 36.0. The zero-order valence-corrected chi connectivity index (χ0v) is 36.0. The van der Waals surface area contributed by atoms with Crippen LogP contribution in [0.25, 0.3) is 0 Å². The first-order valence-electron chi connectivity index (χ1n) is 20.7. The van der Waals surface area contributed by atoms with Gasteiger partial charge in [0, 0.05) is 52.2 Å². The van der Waals surface area contributed by atoms with Gasteiger partial charge in [0.1, 0.15) is 61.0 Å². The van der Waals surface area contributed by atoms with Gasteiger partial charge in [-0.1, -0.05) is 6.92 Å². The molecule has 1 rings (SSSR count). The molecule has 374 valence electrons. The van der Waals surface area contributed by atoms with E-state index in [-0.39, 0.29) is 43.4 Å². The Kier molecular flexibility index (Phi) is 27.3. The van der Waals surface area contributed by atoms with Crippen LogP contribution in [-0.4, -0.2) is 287 Å². The second-order valence-electron chi connectivity index (χ2n) is 15.2. The minimum absolute atomic E-state index is 0.0241. The highest BCUT2D eigenvalue weighted by Crippen LogP contribution is 2.21. The van der Waals surface area contributed by atoms with Gasteiger partial charge in [0.15, 0.2) is 28.8 Å². The van der Waals surface area contributed by atoms with Gasteiger partial charge in [-0.2, -0.15) is 0 Å². The van der Waals surface area contributed by atoms with Crippen LogP contribution in [0.2, 0.25) is 0 Å². The van der Waals surface area contributed by atoms with Crippen molar-refractivity contribution in [3.05, 3.63) is 11.4 Å². The van der Waals surface area contributed by atoms with Gasteiger partial charge < -0.3 is 108 Å². The molecule has 27 heteroatoms. The summed E-state index contributed by atoms with van der Waals surface area (Å²) in [6.07, 6.45) is -28.7. The molecular formula is C37H71N7O20. The van der Waals surface area contributed by atoms with Crippen LogP contribution in [0, 0.1) is 0 Å². The molecule has 0 aliphatic carbocycles. The molecule has 15 unspecified atom stereocenters. The van der Waals surface area contributed by atoms with Crippen molar-refractivity contribution in [1.82, 2.24) is 25.1 Å². The summed E-state index contributed by atoms with van der Waals surface area (Å²) in [6.45, 7) is -1.37. The molecule has 0 radical (unpaired) electrons. The predicted molar refractivity (Wildman–Crippen MR) is 221 cm³/mol. The molecule has 1 amide bonds. The molecule has 21 N–H and O–H groups in total. The average molecular weight is 934 g/mol. The topological polar surface area (TPSA) is 467 Å². The van der Waals surface area contributed by atoms with Crippen LogP contribution in [0.5, 0.6) is 0 Å². The quantitative estimate of drug-likeness (QED) is 0.0225. The van der Waals surface area contributed by atoms with Crippen molar-refractivity contribution in [2.45, 2.75) is 125 Å². The molecule has 0 aromatic carbocycles. The van der Waals surface area contributed by atoms with Crippen molar-refractivity contribution in [3.63, 3.8) is 0 Å². The maximum atomic E-state index is 13.8. The highest BCUT2D eigenvalue weighted by molar-refractivity contribution is 6.02. The number of aliphatic hydroxyl groups excluding tert-OH is 18. The molecular weight excluding hydrogens is 862 g/mol. The number of Topliss-reactive ketones (excluding diaryl/α,β-unsaturated/α-hetero) is 1. The summed E-state index contributed by atoms with van der Waals surface area (Å²) in [5.74, 6) is -2.16. The lowest BCUT2D eigenvalue weighted by Gasteiger charge is -2.33. The Labute approximate surface area is 369 Å². The van der Waals surface area contributed by atoms with Gasteiger partial charge in [-0.25, -0.2) is 9.97 Å². The number of carbonyl (C=O) groups is 2. The number of aromatic nitrogens is 2. The predicted octanol–water partition coefficient (Wildman–Crippen LogP) is -10.00. The summed E-state index contributed by atoms with van der Waals surface area (Å²) in [5.41, 5.74) is -0.722. The third kappa shape index (κ3) is 18.0. The molecule has 0 aliphatic heterocycles.